The minimum absolute atomic E-state index is 0.0165. The second-order valence-electron chi connectivity index (χ2n) is 15.9. The summed E-state index contributed by atoms with van der Waals surface area (Å²) in [6.45, 7) is 4.03. The summed E-state index contributed by atoms with van der Waals surface area (Å²) in [7, 11) is 0. The van der Waals surface area contributed by atoms with Gasteiger partial charge in [0.2, 0.25) is 11.9 Å². The second-order valence-corrected chi connectivity index (χ2v) is 15.9. The molecule has 0 N–H and O–H groups in total. The van der Waals surface area contributed by atoms with Gasteiger partial charge in [-0.05, 0) is 73.3 Å². The normalized spacial score (nSPS) is 21.7. The van der Waals surface area contributed by atoms with Crippen LogP contribution in [0.2, 0.25) is 0 Å². The van der Waals surface area contributed by atoms with Gasteiger partial charge in [0, 0.05) is 43.8 Å². The van der Waals surface area contributed by atoms with Crippen molar-refractivity contribution in [2.45, 2.75) is 50.5 Å². The van der Waals surface area contributed by atoms with Gasteiger partial charge in [0.25, 0.3) is 0 Å². The first-order valence-electron chi connectivity index (χ1n) is 25.9. The van der Waals surface area contributed by atoms with E-state index in [0.717, 1.165) is 51.5 Å². The van der Waals surface area contributed by atoms with Crippen LogP contribution in [0.5, 0.6) is 0 Å². The number of benzene rings is 7. The van der Waals surface area contributed by atoms with Crippen molar-refractivity contribution < 1.29 is 16.4 Å². The van der Waals surface area contributed by atoms with Crippen LogP contribution in [0.1, 0.15) is 61.5 Å². The van der Waals surface area contributed by atoms with E-state index >= 15 is 0 Å². The van der Waals surface area contributed by atoms with E-state index in [2.05, 4.69) is 34.9 Å². The summed E-state index contributed by atoms with van der Waals surface area (Å²) >= 11 is 0. The zero-order valence-electron chi connectivity index (χ0n) is 44.2. The summed E-state index contributed by atoms with van der Waals surface area (Å²) in [4.78, 5) is 17.2. The summed E-state index contributed by atoms with van der Waals surface area (Å²) in [5.74, 6) is -0.156. The maximum Gasteiger partial charge on any atom is 0.240 e. The average Bonchev–Trinajstić information content (AvgIpc) is 4.00. The highest BCUT2D eigenvalue weighted by atomic mass is 15.4. The predicted octanol–water partition coefficient (Wildman–Crippen LogP) is 13.1. The predicted molar refractivity (Wildman–Crippen MR) is 242 cm³/mol. The summed E-state index contributed by atoms with van der Waals surface area (Å²) in [5, 5.41) is 1.93. The monoisotopic (exact) mass is 774 g/mol. The molecular formula is C53H42N6. The van der Waals surface area contributed by atoms with Gasteiger partial charge in [-0.15, -0.1) is 0 Å². The van der Waals surface area contributed by atoms with E-state index in [4.69, 9.17) is 25.9 Å². The Morgan fingerprint density at radius 3 is 1.88 bits per heavy atom. The molecule has 7 aromatic carbocycles. The van der Waals surface area contributed by atoms with Crippen LogP contribution in [0.25, 0.3) is 77.8 Å². The summed E-state index contributed by atoms with van der Waals surface area (Å²) in [6, 6.07) is 26.6. The lowest BCUT2D eigenvalue weighted by Crippen LogP contribution is -2.55. The Labute approximate surface area is 359 Å². The highest BCUT2D eigenvalue weighted by molar-refractivity contribution is 6.10. The molecule has 10 aromatic rings. The number of hydrogen-bond donors (Lipinski definition) is 0. The Morgan fingerprint density at radius 1 is 0.508 bits per heavy atom. The molecule has 284 valence electrons. The van der Waals surface area contributed by atoms with Gasteiger partial charge in [-0.25, -0.2) is 0 Å². The Bertz CT molecular complexity index is 3870. The van der Waals surface area contributed by atoms with Crippen LogP contribution < -0.4 is 4.90 Å². The molecule has 0 saturated heterocycles. The van der Waals surface area contributed by atoms with E-state index in [-0.39, 0.29) is 63.3 Å². The fraction of sp³-hybridized carbons (Fsp3) is 0.151. The number of rotatable bonds is 5. The molecule has 6 heteroatoms. The van der Waals surface area contributed by atoms with Crippen molar-refractivity contribution in [2.75, 3.05) is 4.90 Å². The molecule has 6 nitrogen and oxygen atoms in total. The van der Waals surface area contributed by atoms with Gasteiger partial charge in [-0.2, -0.15) is 15.0 Å². The molecule has 0 radical (unpaired) electrons. The van der Waals surface area contributed by atoms with Crippen molar-refractivity contribution in [3.8, 4) is 34.2 Å². The molecule has 0 amide bonds. The van der Waals surface area contributed by atoms with Crippen LogP contribution >= 0.6 is 0 Å². The van der Waals surface area contributed by atoms with Crippen LogP contribution in [0, 0.1) is 0 Å². The van der Waals surface area contributed by atoms with Crippen LogP contribution in [0.4, 0.5) is 11.6 Å². The minimum atomic E-state index is -0.925. The zero-order valence-corrected chi connectivity index (χ0v) is 32.2. The SMILES string of the molecule is [2H]c1c([2H])c([2H])c2c(c1[2H])N(c1nc(-c3cccc(-c4ccccc4-n4c5ccccc5c5ccccc54)c3)nc(-n3c4c([2H])c([2H])c([2H])c([2H])c4c4c([2H])c([2H])c([2H])c([2H])c43)n1)C1(C)CCCCC21C. The van der Waals surface area contributed by atoms with Crippen molar-refractivity contribution in [1.82, 2.24) is 24.1 Å². The third-order valence-corrected chi connectivity index (χ3v) is 12.9. The number of aromatic nitrogens is 5. The number of fused-ring (bicyclic) bond motifs is 9. The number of nitrogens with zero attached hydrogens (tertiary/aromatic N) is 6. The van der Waals surface area contributed by atoms with Gasteiger partial charge in [-0.1, -0.05) is 147 Å². The van der Waals surface area contributed by atoms with E-state index in [1.807, 2.05) is 80.6 Å². The van der Waals surface area contributed by atoms with Gasteiger partial charge in [0.15, 0.2) is 5.82 Å². The quantitative estimate of drug-likeness (QED) is 0.175. The molecule has 2 unspecified atom stereocenters. The fourth-order valence-corrected chi connectivity index (χ4v) is 9.91. The first-order valence-corrected chi connectivity index (χ1v) is 19.9. The zero-order chi connectivity index (χ0) is 49.7. The van der Waals surface area contributed by atoms with Gasteiger partial charge < -0.3 is 9.47 Å². The van der Waals surface area contributed by atoms with Crippen molar-refractivity contribution in [3.05, 3.63) is 175 Å². The summed E-state index contributed by atoms with van der Waals surface area (Å²) < 4.78 is 112. The molecule has 3 aromatic heterocycles. The molecule has 1 saturated carbocycles. The highest BCUT2D eigenvalue weighted by Crippen LogP contribution is 2.60. The fourth-order valence-electron chi connectivity index (χ4n) is 9.91. The van der Waals surface area contributed by atoms with Crippen molar-refractivity contribution in [1.29, 1.82) is 0 Å². The van der Waals surface area contributed by atoms with E-state index in [1.54, 1.807) is 4.90 Å². The van der Waals surface area contributed by atoms with Crippen LogP contribution in [0.15, 0.2) is 170 Å². The second kappa shape index (κ2) is 12.7. The number of hydrogen-bond acceptors (Lipinski definition) is 4. The maximum atomic E-state index is 9.46. The lowest BCUT2D eigenvalue weighted by molar-refractivity contribution is 0.193. The minimum Gasteiger partial charge on any atom is -0.309 e. The highest BCUT2D eigenvalue weighted by Gasteiger charge is 2.58. The molecule has 1 fully saturated rings. The smallest absolute Gasteiger partial charge is 0.240 e. The van der Waals surface area contributed by atoms with Crippen LogP contribution in [-0.2, 0) is 5.41 Å². The number of para-hydroxylation sites is 6. The largest absolute Gasteiger partial charge is 0.309 e. The first-order chi connectivity index (χ1) is 34.0. The summed E-state index contributed by atoms with van der Waals surface area (Å²) in [6.07, 6.45) is 2.74. The molecular weight excluding hydrogens is 721 g/mol. The lowest BCUT2D eigenvalue weighted by Gasteiger charge is -2.49. The van der Waals surface area contributed by atoms with Gasteiger partial charge in [-0.3, -0.25) is 4.57 Å². The molecule has 1 aliphatic carbocycles. The van der Waals surface area contributed by atoms with Gasteiger partial charge >= 0.3 is 0 Å². The maximum absolute atomic E-state index is 9.46. The van der Waals surface area contributed by atoms with E-state index in [9.17, 15) is 5.48 Å². The van der Waals surface area contributed by atoms with E-state index in [1.165, 1.54) is 4.57 Å². The summed E-state index contributed by atoms with van der Waals surface area (Å²) in [5.41, 5.74) is 3.73. The molecule has 1 aliphatic heterocycles. The Kier molecular flexibility index (Phi) is 5.18. The Balaban J connectivity index is 1.18. The van der Waals surface area contributed by atoms with Gasteiger partial charge in [0.1, 0.15) is 0 Å². The average molecular weight is 775 g/mol. The van der Waals surface area contributed by atoms with Crippen molar-refractivity contribution in [3.63, 3.8) is 0 Å². The molecule has 0 bridgehead atoms. The lowest BCUT2D eigenvalue weighted by atomic mass is 9.61. The molecule has 2 aliphatic rings. The van der Waals surface area contributed by atoms with Gasteiger partial charge in [0.05, 0.1) is 49.7 Å². The third kappa shape index (κ3) is 4.83. The third-order valence-electron chi connectivity index (χ3n) is 12.9. The molecule has 59 heavy (non-hydrogen) atoms. The van der Waals surface area contributed by atoms with Crippen molar-refractivity contribution in [2.24, 2.45) is 0 Å². The molecule has 2 atom stereocenters. The Morgan fingerprint density at radius 2 is 1.12 bits per heavy atom. The molecule has 12 rings (SSSR count). The topological polar surface area (TPSA) is 51.8 Å². The number of anilines is 2. The molecule has 0 spiro atoms. The van der Waals surface area contributed by atoms with E-state index < -0.39 is 65.3 Å². The van der Waals surface area contributed by atoms with E-state index in [0.29, 0.717) is 24.0 Å². The van der Waals surface area contributed by atoms with Crippen LogP contribution in [-0.4, -0.2) is 29.6 Å². The molecule has 4 heterocycles. The van der Waals surface area contributed by atoms with Crippen molar-refractivity contribution >= 4 is 55.2 Å². The Hall–Kier alpha value is -7.05. The standard InChI is InChI=1S/C53H42N6/c1-52-32-15-16-33-53(52,2)59(48-31-14-8-25-42(48)52)51-55-49(54-50(56-51)58-46-29-12-6-23-40(46)41-24-7-13-30-47(41)58)36-19-17-18-35(34-36)37-20-3-9-26-43(37)57-44-27-10-4-21-38(44)39-22-5-11-28-45(39)57/h3-14,17-31,34H,15-16,32-33H2,1-2H3/i6D,7D,8D,12D,13D,14D,23D,24D,25D,29D,30D,31D. The van der Waals surface area contributed by atoms with Crippen LogP contribution in [0.3, 0.4) is 0 Å². The first kappa shape index (κ1) is 24.0.